The van der Waals surface area contributed by atoms with Gasteiger partial charge in [-0.05, 0) is 36.4 Å². The molecule has 4 heteroatoms. The third kappa shape index (κ3) is 3.52. The molecule has 0 bridgehead atoms. The molecule has 3 nitrogen and oxygen atoms in total. The smallest absolute Gasteiger partial charge is 0.162 e. The van der Waals surface area contributed by atoms with Crippen LogP contribution in [0.1, 0.15) is 12.5 Å². The van der Waals surface area contributed by atoms with Crippen molar-refractivity contribution in [2.75, 3.05) is 19.8 Å². The number of fused-ring (bicyclic) bond motifs is 1. The standard InChI is InChI=1S/C17H19NO2S/c1-2-18-12-13-5-3-4-6-17(13)21-14-7-8-15-16(11-14)20-10-9-19-15/h3-8,11,18H,2,9-10,12H2,1H3. The fourth-order valence-corrected chi connectivity index (χ4v) is 3.20. The summed E-state index contributed by atoms with van der Waals surface area (Å²) >= 11 is 1.76. The SMILES string of the molecule is CCNCc1ccccc1Sc1ccc2c(c1)OCCO2. The first-order valence-electron chi connectivity index (χ1n) is 7.23. The molecule has 0 aliphatic carbocycles. The van der Waals surface area contributed by atoms with Gasteiger partial charge < -0.3 is 14.8 Å². The molecule has 1 N–H and O–H groups in total. The van der Waals surface area contributed by atoms with E-state index < -0.39 is 0 Å². The van der Waals surface area contributed by atoms with E-state index in [2.05, 4.69) is 48.6 Å². The summed E-state index contributed by atoms with van der Waals surface area (Å²) in [5.74, 6) is 1.68. The third-order valence-electron chi connectivity index (χ3n) is 3.28. The maximum atomic E-state index is 5.65. The van der Waals surface area contributed by atoms with Crippen LogP contribution in [0.2, 0.25) is 0 Å². The van der Waals surface area contributed by atoms with Crippen molar-refractivity contribution in [3.63, 3.8) is 0 Å². The molecule has 0 radical (unpaired) electrons. The first kappa shape index (κ1) is 14.3. The zero-order valence-corrected chi connectivity index (χ0v) is 12.9. The van der Waals surface area contributed by atoms with E-state index >= 15 is 0 Å². The van der Waals surface area contributed by atoms with Gasteiger partial charge in [0.25, 0.3) is 0 Å². The van der Waals surface area contributed by atoms with Gasteiger partial charge in [-0.15, -0.1) is 0 Å². The fourth-order valence-electron chi connectivity index (χ4n) is 2.22. The second-order valence-electron chi connectivity index (χ2n) is 4.80. The van der Waals surface area contributed by atoms with Crippen LogP contribution in [0, 0.1) is 0 Å². The molecule has 0 amide bonds. The Labute approximate surface area is 129 Å². The molecule has 0 fully saturated rings. The van der Waals surface area contributed by atoms with E-state index in [0.717, 1.165) is 24.6 Å². The van der Waals surface area contributed by atoms with E-state index in [9.17, 15) is 0 Å². The van der Waals surface area contributed by atoms with Gasteiger partial charge in [-0.25, -0.2) is 0 Å². The lowest BCUT2D eigenvalue weighted by Crippen LogP contribution is -2.15. The van der Waals surface area contributed by atoms with Crippen LogP contribution in [0.3, 0.4) is 0 Å². The highest BCUT2D eigenvalue weighted by atomic mass is 32.2. The second kappa shape index (κ2) is 6.87. The highest BCUT2D eigenvalue weighted by Gasteiger charge is 2.12. The van der Waals surface area contributed by atoms with Crippen molar-refractivity contribution in [3.8, 4) is 11.5 Å². The topological polar surface area (TPSA) is 30.5 Å². The molecule has 1 heterocycles. The molecule has 0 atom stereocenters. The molecule has 0 saturated heterocycles. The minimum absolute atomic E-state index is 0.623. The van der Waals surface area contributed by atoms with Crippen molar-refractivity contribution < 1.29 is 9.47 Å². The summed E-state index contributed by atoms with van der Waals surface area (Å²) in [5.41, 5.74) is 1.32. The van der Waals surface area contributed by atoms with Crippen LogP contribution in [0.4, 0.5) is 0 Å². The van der Waals surface area contributed by atoms with Gasteiger partial charge in [-0.1, -0.05) is 36.9 Å². The molecule has 110 valence electrons. The van der Waals surface area contributed by atoms with Gasteiger partial charge in [0.1, 0.15) is 13.2 Å². The summed E-state index contributed by atoms with van der Waals surface area (Å²) in [6.45, 7) is 5.24. The number of hydrogen-bond donors (Lipinski definition) is 1. The predicted molar refractivity (Wildman–Crippen MR) is 85.4 cm³/mol. The lowest BCUT2D eigenvalue weighted by Gasteiger charge is -2.19. The van der Waals surface area contributed by atoms with E-state index in [0.29, 0.717) is 13.2 Å². The molecular formula is C17H19NO2S. The van der Waals surface area contributed by atoms with Crippen LogP contribution in [0.25, 0.3) is 0 Å². The lowest BCUT2D eigenvalue weighted by molar-refractivity contribution is 0.171. The van der Waals surface area contributed by atoms with Gasteiger partial charge in [-0.2, -0.15) is 0 Å². The van der Waals surface area contributed by atoms with Gasteiger partial charge >= 0.3 is 0 Å². The third-order valence-corrected chi connectivity index (χ3v) is 4.39. The Bertz CT molecular complexity index is 615. The van der Waals surface area contributed by atoms with Crippen LogP contribution in [0.15, 0.2) is 52.3 Å². The molecule has 1 aliphatic rings. The van der Waals surface area contributed by atoms with Crippen molar-refractivity contribution in [2.24, 2.45) is 0 Å². The zero-order valence-electron chi connectivity index (χ0n) is 12.1. The maximum Gasteiger partial charge on any atom is 0.162 e. The van der Waals surface area contributed by atoms with Crippen LogP contribution in [-0.4, -0.2) is 19.8 Å². The van der Waals surface area contributed by atoms with Gasteiger partial charge in [0.15, 0.2) is 11.5 Å². The van der Waals surface area contributed by atoms with Gasteiger partial charge in [0.05, 0.1) is 0 Å². The number of rotatable bonds is 5. The summed E-state index contributed by atoms with van der Waals surface area (Å²) in [6.07, 6.45) is 0. The molecule has 0 aromatic heterocycles. The van der Waals surface area contributed by atoms with Crippen LogP contribution in [-0.2, 0) is 6.54 Å². The lowest BCUT2D eigenvalue weighted by atomic mass is 10.2. The molecule has 2 aromatic carbocycles. The molecule has 0 spiro atoms. The molecule has 2 aromatic rings. The molecule has 1 aliphatic heterocycles. The Balaban J connectivity index is 1.80. The maximum absolute atomic E-state index is 5.65. The summed E-state index contributed by atoms with van der Waals surface area (Å²) < 4.78 is 11.2. The van der Waals surface area contributed by atoms with Crippen molar-refractivity contribution in [1.82, 2.24) is 5.32 Å². The largest absolute Gasteiger partial charge is 0.486 e. The molecule has 0 unspecified atom stereocenters. The Morgan fingerprint density at radius 1 is 1.05 bits per heavy atom. The fraction of sp³-hybridized carbons (Fsp3) is 0.294. The average Bonchev–Trinajstić information content (AvgIpc) is 2.54. The van der Waals surface area contributed by atoms with Crippen molar-refractivity contribution in [2.45, 2.75) is 23.3 Å². The second-order valence-corrected chi connectivity index (χ2v) is 5.91. The Hall–Kier alpha value is -1.65. The minimum atomic E-state index is 0.623. The van der Waals surface area contributed by atoms with Crippen LogP contribution in [0.5, 0.6) is 11.5 Å². The van der Waals surface area contributed by atoms with E-state index in [1.807, 2.05) is 6.07 Å². The van der Waals surface area contributed by atoms with Gasteiger partial charge in [0, 0.05) is 16.3 Å². The highest BCUT2D eigenvalue weighted by molar-refractivity contribution is 7.99. The van der Waals surface area contributed by atoms with Crippen LogP contribution >= 0.6 is 11.8 Å². The summed E-state index contributed by atoms with van der Waals surface area (Å²) in [5, 5.41) is 3.38. The van der Waals surface area contributed by atoms with Crippen molar-refractivity contribution >= 4 is 11.8 Å². The van der Waals surface area contributed by atoms with Gasteiger partial charge in [-0.3, -0.25) is 0 Å². The van der Waals surface area contributed by atoms with E-state index in [4.69, 9.17) is 9.47 Å². The number of benzene rings is 2. The molecule has 0 saturated carbocycles. The average molecular weight is 301 g/mol. The summed E-state index contributed by atoms with van der Waals surface area (Å²) in [4.78, 5) is 2.44. The summed E-state index contributed by atoms with van der Waals surface area (Å²) in [6, 6.07) is 14.6. The van der Waals surface area contributed by atoms with Gasteiger partial charge in [0.2, 0.25) is 0 Å². The number of hydrogen-bond acceptors (Lipinski definition) is 4. The Kier molecular flexibility index (Phi) is 4.68. The number of ether oxygens (including phenoxy) is 2. The normalized spacial score (nSPS) is 13.2. The highest BCUT2D eigenvalue weighted by Crippen LogP contribution is 2.37. The molecule has 3 rings (SSSR count). The first-order chi connectivity index (χ1) is 10.4. The Morgan fingerprint density at radius 2 is 1.86 bits per heavy atom. The van der Waals surface area contributed by atoms with E-state index in [1.165, 1.54) is 15.4 Å². The van der Waals surface area contributed by atoms with E-state index in [1.54, 1.807) is 11.8 Å². The molecule has 21 heavy (non-hydrogen) atoms. The summed E-state index contributed by atoms with van der Waals surface area (Å²) in [7, 11) is 0. The Morgan fingerprint density at radius 3 is 2.71 bits per heavy atom. The zero-order chi connectivity index (χ0) is 14.5. The van der Waals surface area contributed by atoms with Crippen LogP contribution < -0.4 is 14.8 Å². The first-order valence-corrected chi connectivity index (χ1v) is 8.04. The monoisotopic (exact) mass is 301 g/mol. The van der Waals surface area contributed by atoms with Crippen molar-refractivity contribution in [1.29, 1.82) is 0 Å². The van der Waals surface area contributed by atoms with E-state index in [-0.39, 0.29) is 0 Å². The minimum Gasteiger partial charge on any atom is -0.486 e. The van der Waals surface area contributed by atoms with Crippen molar-refractivity contribution in [3.05, 3.63) is 48.0 Å². The quantitative estimate of drug-likeness (QED) is 0.912. The molecular weight excluding hydrogens is 282 g/mol. The number of nitrogens with one attached hydrogen (secondary N) is 1. The predicted octanol–water partition coefficient (Wildman–Crippen LogP) is 3.72.